The molecule has 4 N–H and O–H groups in total. The van der Waals surface area contributed by atoms with Gasteiger partial charge in [0.05, 0.1) is 11.6 Å². The molecule has 9 heteroatoms. The summed E-state index contributed by atoms with van der Waals surface area (Å²) in [5.41, 5.74) is 0.484. The summed E-state index contributed by atoms with van der Waals surface area (Å²) >= 11 is 0. The smallest absolute Gasteiger partial charge is 0.255 e. The number of rotatable bonds is 6. The molecule has 0 bridgehead atoms. The van der Waals surface area contributed by atoms with Crippen molar-refractivity contribution >= 4 is 23.6 Å². The third kappa shape index (κ3) is 8.08. The second kappa shape index (κ2) is 14.1. The maximum absolute atomic E-state index is 13.5. The van der Waals surface area contributed by atoms with E-state index in [2.05, 4.69) is 21.3 Å². The van der Waals surface area contributed by atoms with E-state index < -0.39 is 17.5 Å². The maximum Gasteiger partial charge on any atom is 0.255 e. The normalized spacial score (nSPS) is 21.5. The van der Waals surface area contributed by atoms with Crippen molar-refractivity contribution in [2.75, 3.05) is 13.2 Å². The highest BCUT2D eigenvalue weighted by Crippen LogP contribution is 2.31. The van der Waals surface area contributed by atoms with Crippen LogP contribution in [0.5, 0.6) is 5.75 Å². The second-order valence-corrected chi connectivity index (χ2v) is 11.4. The van der Waals surface area contributed by atoms with E-state index in [4.69, 9.17) is 4.74 Å². The van der Waals surface area contributed by atoms with Crippen molar-refractivity contribution in [2.24, 2.45) is 5.92 Å². The van der Waals surface area contributed by atoms with Gasteiger partial charge in [0, 0.05) is 13.0 Å². The molecule has 0 aromatic heterocycles. The Morgan fingerprint density at radius 1 is 1.00 bits per heavy atom. The summed E-state index contributed by atoms with van der Waals surface area (Å²) in [6.45, 7) is 4.57. The summed E-state index contributed by atoms with van der Waals surface area (Å²) in [5.74, 6) is -0.916. The first-order valence-corrected chi connectivity index (χ1v) is 14.7. The predicted molar refractivity (Wildman–Crippen MR) is 156 cm³/mol. The number of carbonyl (C=O) groups excluding carboxylic acids is 4. The molecule has 220 valence electrons. The molecule has 1 aliphatic heterocycles. The molecule has 1 saturated carbocycles. The molecule has 4 amide bonds. The predicted octanol–water partition coefficient (Wildman–Crippen LogP) is 3.28. The van der Waals surface area contributed by atoms with Crippen LogP contribution in [0.2, 0.25) is 0 Å². The van der Waals surface area contributed by atoms with E-state index in [1.807, 2.05) is 44.2 Å². The van der Waals surface area contributed by atoms with Gasteiger partial charge in [-0.05, 0) is 55.7 Å². The molecule has 0 unspecified atom stereocenters. The largest absolute Gasteiger partial charge is 0.491 e. The minimum atomic E-state index is -0.985. The molecule has 1 spiro atoms. The molecule has 9 nitrogen and oxygen atoms in total. The molecule has 2 aliphatic rings. The number of amides is 4. The minimum Gasteiger partial charge on any atom is -0.491 e. The molecule has 2 aromatic rings. The SMILES string of the molecule is CC(C)[C@H]1COc2ccccc2C(=O)N[C@H](C(=O)NCCCc2ccccc2)CCC(=O)NC2(CCCC2)C(=O)N1. The number of aryl methyl sites for hydroxylation is 1. The van der Waals surface area contributed by atoms with Gasteiger partial charge in [0.2, 0.25) is 17.7 Å². The Morgan fingerprint density at radius 3 is 2.44 bits per heavy atom. The van der Waals surface area contributed by atoms with Crippen LogP contribution in [0, 0.1) is 5.92 Å². The van der Waals surface area contributed by atoms with Crippen LogP contribution in [0.15, 0.2) is 54.6 Å². The van der Waals surface area contributed by atoms with Gasteiger partial charge in [0.1, 0.15) is 23.9 Å². The van der Waals surface area contributed by atoms with E-state index in [0.717, 1.165) is 25.7 Å². The molecule has 2 atom stereocenters. The van der Waals surface area contributed by atoms with Crippen LogP contribution in [0.3, 0.4) is 0 Å². The van der Waals surface area contributed by atoms with Crippen LogP contribution in [0.4, 0.5) is 0 Å². The Kier molecular flexibility index (Phi) is 10.4. The van der Waals surface area contributed by atoms with Gasteiger partial charge in [0.15, 0.2) is 0 Å². The molecule has 0 saturated heterocycles. The first kappa shape index (κ1) is 30.1. The highest BCUT2D eigenvalue weighted by atomic mass is 16.5. The van der Waals surface area contributed by atoms with Crippen LogP contribution in [-0.2, 0) is 20.8 Å². The zero-order valence-corrected chi connectivity index (χ0v) is 24.0. The summed E-state index contributed by atoms with van der Waals surface area (Å²) in [7, 11) is 0. The van der Waals surface area contributed by atoms with Crippen molar-refractivity contribution in [3.8, 4) is 5.75 Å². The van der Waals surface area contributed by atoms with Crippen LogP contribution in [-0.4, -0.2) is 54.4 Å². The summed E-state index contributed by atoms with van der Waals surface area (Å²) in [6, 6.07) is 15.6. The van der Waals surface area contributed by atoms with E-state index >= 15 is 0 Å². The summed E-state index contributed by atoms with van der Waals surface area (Å²) in [5, 5.41) is 11.9. The molecule has 0 radical (unpaired) electrons. The van der Waals surface area contributed by atoms with Gasteiger partial charge in [-0.3, -0.25) is 19.2 Å². The van der Waals surface area contributed by atoms with Crippen LogP contribution < -0.4 is 26.0 Å². The minimum absolute atomic E-state index is 0.0107. The topological polar surface area (TPSA) is 126 Å². The van der Waals surface area contributed by atoms with E-state index in [1.54, 1.807) is 24.3 Å². The number of fused-ring (bicyclic) bond motifs is 1. The maximum atomic E-state index is 13.5. The number of benzene rings is 2. The molecular weight excluding hydrogens is 520 g/mol. The number of nitrogens with one attached hydrogen (secondary N) is 4. The Hall–Kier alpha value is -3.88. The van der Waals surface area contributed by atoms with E-state index in [0.29, 0.717) is 25.1 Å². The first-order valence-electron chi connectivity index (χ1n) is 14.7. The van der Waals surface area contributed by atoms with Gasteiger partial charge >= 0.3 is 0 Å². The van der Waals surface area contributed by atoms with Crippen molar-refractivity contribution < 1.29 is 23.9 Å². The van der Waals surface area contributed by atoms with E-state index in [1.165, 1.54) is 5.56 Å². The monoisotopic (exact) mass is 562 g/mol. The number of carbonyl (C=O) groups is 4. The second-order valence-electron chi connectivity index (χ2n) is 11.4. The lowest BCUT2D eigenvalue weighted by atomic mass is 9.94. The number of ether oxygens (including phenoxy) is 1. The molecule has 41 heavy (non-hydrogen) atoms. The summed E-state index contributed by atoms with van der Waals surface area (Å²) < 4.78 is 6.08. The molecule has 4 rings (SSSR count). The zero-order chi connectivity index (χ0) is 29.2. The fraction of sp³-hybridized carbons (Fsp3) is 0.500. The lowest BCUT2D eigenvalue weighted by Gasteiger charge is -2.32. The molecular formula is C32H42N4O5. The van der Waals surface area contributed by atoms with Crippen molar-refractivity contribution in [1.82, 2.24) is 21.3 Å². The van der Waals surface area contributed by atoms with Gasteiger partial charge < -0.3 is 26.0 Å². The Balaban J connectivity index is 1.53. The lowest BCUT2D eigenvalue weighted by molar-refractivity contribution is -0.134. The first-order chi connectivity index (χ1) is 19.8. The number of hydrogen-bond donors (Lipinski definition) is 4. The average molecular weight is 563 g/mol. The molecule has 1 aliphatic carbocycles. The molecule has 2 aromatic carbocycles. The van der Waals surface area contributed by atoms with Crippen LogP contribution in [0.1, 0.15) is 74.7 Å². The highest BCUT2D eigenvalue weighted by Gasteiger charge is 2.43. The van der Waals surface area contributed by atoms with Gasteiger partial charge in [-0.15, -0.1) is 0 Å². The van der Waals surface area contributed by atoms with Crippen molar-refractivity contribution in [3.63, 3.8) is 0 Å². The van der Waals surface area contributed by atoms with Gasteiger partial charge in [-0.1, -0.05) is 69.2 Å². The zero-order valence-electron chi connectivity index (χ0n) is 24.0. The molecule has 1 fully saturated rings. The van der Waals surface area contributed by atoms with Gasteiger partial charge in [-0.25, -0.2) is 0 Å². The van der Waals surface area contributed by atoms with Gasteiger partial charge in [0.25, 0.3) is 5.91 Å². The lowest BCUT2D eigenvalue weighted by Crippen LogP contribution is -2.60. The van der Waals surface area contributed by atoms with E-state index in [9.17, 15) is 19.2 Å². The van der Waals surface area contributed by atoms with Crippen molar-refractivity contribution in [1.29, 1.82) is 0 Å². The van der Waals surface area contributed by atoms with Crippen LogP contribution in [0.25, 0.3) is 0 Å². The fourth-order valence-corrected chi connectivity index (χ4v) is 5.44. The Morgan fingerprint density at radius 2 is 1.71 bits per heavy atom. The Labute approximate surface area is 242 Å². The summed E-state index contributed by atoms with van der Waals surface area (Å²) in [4.78, 5) is 53.3. The van der Waals surface area contributed by atoms with Gasteiger partial charge in [-0.2, -0.15) is 0 Å². The Bertz CT molecular complexity index is 1210. The highest BCUT2D eigenvalue weighted by molar-refractivity contribution is 6.00. The van der Waals surface area contributed by atoms with Crippen molar-refractivity contribution in [2.45, 2.75) is 82.8 Å². The number of para-hydroxylation sites is 1. The molecule has 1 heterocycles. The number of hydrogen-bond acceptors (Lipinski definition) is 5. The fourth-order valence-electron chi connectivity index (χ4n) is 5.44. The third-order valence-electron chi connectivity index (χ3n) is 8.01. The quantitative estimate of drug-likeness (QED) is 0.402. The van der Waals surface area contributed by atoms with E-state index in [-0.39, 0.29) is 54.7 Å². The standard InChI is InChI=1S/C32H42N4O5/c1-22(2)26-21-41-27-15-7-6-14-24(27)29(38)34-25(30(39)33-20-10-13-23-11-4-3-5-12-23)16-17-28(37)36-32(31(40)35-26)18-8-9-19-32/h3-7,11-12,14-15,22,25-26H,8-10,13,16-21H2,1-2H3,(H,33,39)(H,34,38)(H,35,40)(H,36,37)/t25-,26+/m0/s1. The van der Waals surface area contributed by atoms with Crippen LogP contribution >= 0.6 is 0 Å². The van der Waals surface area contributed by atoms with Crippen molar-refractivity contribution in [3.05, 3.63) is 65.7 Å². The third-order valence-corrected chi connectivity index (χ3v) is 8.01. The summed E-state index contributed by atoms with van der Waals surface area (Å²) in [6.07, 6.45) is 4.43. The average Bonchev–Trinajstić information content (AvgIpc) is 3.45.